The Morgan fingerprint density at radius 2 is 1.90 bits per heavy atom. The van der Waals surface area contributed by atoms with E-state index in [1.807, 2.05) is 6.92 Å². The molecule has 0 saturated carbocycles. The molecule has 1 atom stereocenters. The number of fused-ring (bicyclic) bond motifs is 1. The quantitative estimate of drug-likeness (QED) is 0.841. The Kier molecular flexibility index (Phi) is 3.75. The molecule has 20 heavy (non-hydrogen) atoms. The monoisotopic (exact) mass is 267 g/mol. The summed E-state index contributed by atoms with van der Waals surface area (Å²) in [5, 5.41) is 0. The Bertz CT molecular complexity index is 565. The maximum absolute atomic E-state index is 5.87. The van der Waals surface area contributed by atoms with Crippen molar-refractivity contribution in [2.24, 2.45) is 0 Å². The molecule has 2 aromatic carbocycles. The van der Waals surface area contributed by atoms with E-state index in [1.54, 1.807) is 0 Å². The van der Waals surface area contributed by atoms with Gasteiger partial charge in [0.2, 0.25) is 0 Å². The highest BCUT2D eigenvalue weighted by Gasteiger charge is 2.27. The molecule has 2 heteroatoms. The van der Waals surface area contributed by atoms with E-state index in [2.05, 4.69) is 60.5 Å². The molecule has 0 saturated heterocycles. The predicted molar refractivity (Wildman–Crippen MR) is 82.2 cm³/mol. The first-order valence-corrected chi connectivity index (χ1v) is 7.27. The van der Waals surface area contributed by atoms with Crippen LogP contribution in [0.25, 0.3) is 0 Å². The van der Waals surface area contributed by atoms with Crippen LogP contribution in [0.15, 0.2) is 48.5 Å². The van der Waals surface area contributed by atoms with Crippen molar-refractivity contribution in [2.75, 3.05) is 20.2 Å². The summed E-state index contributed by atoms with van der Waals surface area (Å²) in [6.07, 6.45) is 0. The zero-order chi connectivity index (χ0) is 13.9. The minimum Gasteiger partial charge on any atom is -0.494 e. The molecule has 0 aromatic heterocycles. The number of ether oxygens (including phenoxy) is 1. The lowest BCUT2D eigenvalue weighted by molar-refractivity contribution is 0.281. The largest absolute Gasteiger partial charge is 0.494 e. The summed E-state index contributed by atoms with van der Waals surface area (Å²) in [5.41, 5.74) is 4.13. The Morgan fingerprint density at radius 3 is 2.65 bits per heavy atom. The van der Waals surface area contributed by atoms with Gasteiger partial charge in [0.1, 0.15) is 5.75 Å². The second-order valence-electron chi connectivity index (χ2n) is 5.42. The topological polar surface area (TPSA) is 12.5 Å². The lowest BCUT2D eigenvalue weighted by Crippen LogP contribution is -2.31. The smallest absolute Gasteiger partial charge is 0.123 e. The Labute approximate surface area is 121 Å². The third-order valence-corrected chi connectivity index (χ3v) is 3.94. The van der Waals surface area contributed by atoms with Crippen molar-refractivity contribution in [1.82, 2.24) is 4.90 Å². The van der Waals surface area contributed by atoms with Crippen molar-refractivity contribution in [3.8, 4) is 5.75 Å². The van der Waals surface area contributed by atoms with Crippen molar-refractivity contribution in [1.29, 1.82) is 0 Å². The Hall–Kier alpha value is -1.80. The minimum atomic E-state index is 0.396. The number of rotatable bonds is 3. The molecule has 2 nitrogen and oxygen atoms in total. The second kappa shape index (κ2) is 5.68. The first-order chi connectivity index (χ1) is 9.79. The Morgan fingerprint density at radius 1 is 1.10 bits per heavy atom. The Balaban J connectivity index is 2.10. The molecule has 2 aromatic rings. The van der Waals surface area contributed by atoms with E-state index < -0.39 is 0 Å². The zero-order valence-electron chi connectivity index (χ0n) is 12.2. The fraction of sp³-hybridized carbons (Fsp3) is 0.333. The van der Waals surface area contributed by atoms with Gasteiger partial charge in [0.05, 0.1) is 6.61 Å². The van der Waals surface area contributed by atoms with Gasteiger partial charge in [0, 0.05) is 24.6 Å². The summed E-state index contributed by atoms with van der Waals surface area (Å²) in [4.78, 5) is 2.38. The highest BCUT2D eigenvalue weighted by molar-refractivity contribution is 5.49. The van der Waals surface area contributed by atoms with E-state index in [1.165, 1.54) is 16.7 Å². The minimum absolute atomic E-state index is 0.396. The highest BCUT2D eigenvalue weighted by atomic mass is 16.5. The normalized spacial score (nSPS) is 18.6. The molecular weight excluding hydrogens is 246 g/mol. The van der Waals surface area contributed by atoms with Crippen LogP contribution in [-0.4, -0.2) is 25.1 Å². The van der Waals surface area contributed by atoms with E-state index in [0.717, 1.165) is 18.8 Å². The van der Waals surface area contributed by atoms with Crippen LogP contribution in [0.3, 0.4) is 0 Å². The lowest BCUT2D eigenvalue weighted by Gasteiger charge is -2.33. The second-order valence-corrected chi connectivity index (χ2v) is 5.42. The molecule has 0 spiro atoms. The first-order valence-electron chi connectivity index (χ1n) is 7.27. The van der Waals surface area contributed by atoms with Crippen molar-refractivity contribution in [3.63, 3.8) is 0 Å². The van der Waals surface area contributed by atoms with Gasteiger partial charge in [-0.1, -0.05) is 42.5 Å². The lowest BCUT2D eigenvalue weighted by atomic mass is 9.84. The van der Waals surface area contributed by atoms with Crippen LogP contribution >= 0.6 is 0 Å². The van der Waals surface area contributed by atoms with Crippen molar-refractivity contribution < 1.29 is 4.74 Å². The molecule has 0 bridgehead atoms. The fourth-order valence-electron chi connectivity index (χ4n) is 3.12. The van der Waals surface area contributed by atoms with Gasteiger partial charge < -0.3 is 9.64 Å². The fourth-order valence-corrected chi connectivity index (χ4v) is 3.12. The van der Waals surface area contributed by atoms with Gasteiger partial charge in [0.25, 0.3) is 0 Å². The number of likely N-dealkylation sites (N-methyl/N-ethyl adjacent to an activating group) is 1. The third-order valence-electron chi connectivity index (χ3n) is 3.94. The number of hydrogen-bond donors (Lipinski definition) is 0. The molecule has 0 aliphatic carbocycles. The average Bonchev–Trinajstić information content (AvgIpc) is 2.47. The maximum Gasteiger partial charge on any atom is 0.123 e. The molecule has 0 fully saturated rings. The van der Waals surface area contributed by atoms with Gasteiger partial charge in [-0.2, -0.15) is 0 Å². The molecule has 0 amide bonds. The highest BCUT2D eigenvalue weighted by Crippen LogP contribution is 2.38. The van der Waals surface area contributed by atoms with E-state index >= 15 is 0 Å². The van der Waals surface area contributed by atoms with Gasteiger partial charge >= 0.3 is 0 Å². The average molecular weight is 267 g/mol. The molecule has 104 valence electrons. The van der Waals surface area contributed by atoms with Gasteiger partial charge in [-0.05, 0) is 31.2 Å². The zero-order valence-corrected chi connectivity index (χ0v) is 12.2. The van der Waals surface area contributed by atoms with Crippen LogP contribution < -0.4 is 4.74 Å². The van der Waals surface area contributed by atoms with Gasteiger partial charge in [0.15, 0.2) is 0 Å². The van der Waals surface area contributed by atoms with Crippen LogP contribution in [0.4, 0.5) is 0 Å². The van der Waals surface area contributed by atoms with Crippen molar-refractivity contribution in [2.45, 2.75) is 19.4 Å². The van der Waals surface area contributed by atoms with E-state index in [4.69, 9.17) is 4.74 Å². The van der Waals surface area contributed by atoms with Gasteiger partial charge in [-0.15, -0.1) is 0 Å². The van der Waals surface area contributed by atoms with E-state index in [-0.39, 0.29) is 0 Å². The number of benzene rings is 2. The van der Waals surface area contributed by atoms with Crippen LogP contribution in [-0.2, 0) is 6.54 Å². The van der Waals surface area contributed by atoms with Gasteiger partial charge in [-0.25, -0.2) is 0 Å². The molecule has 1 heterocycles. The number of nitrogens with zero attached hydrogens (tertiary/aromatic N) is 1. The molecule has 0 unspecified atom stereocenters. The summed E-state index contributed by atoms with van der Waals surface area (Å²) in [6.45, 7) is 4.81. The summed E-state index contributed by atoms with van der Waals surface area (Å²) in [7, 11) is 2.19. The predicted octanol–water partition coefficient (Wildman–Crippen LogP) is 3.66. The van der Waals surface area contributed by atoms with E-state index in [0.29, 0.717) is 12.5 Å². The van der Waals surface area contributed by atoms with Crippen molar-refractivity contribution >= 4 is 0 Å². The summed E-state index contributed by atoms with van der Waals surface area (Å²) < 4.78 is 5.87. The molecule has 0 N–H and O–H groups in total. The van der Waals surface area contributed by atoms with Crippen LogP contribution in [0, 0.1) is 0 Å². The van der Waals surface area contributed by atoms with Gasteiger partial charge in [-0.3, -0.25) is 0 Å². The van der Waals surface area contributed by atoms with E-state index in [9.17, 15) is 0 Å². The number of hydrogen-bond acceptors (Lipinski definition) is 2. The maximum atomic E-state index is 5.87. The summed E-state index contributed by atoms with van der Waals surface area (Å²) in [6, 6.07) is 17.2. The SMILES string of the molecule is CCOc1cccc2c1[C@@H](c1ccccc1)CN(C)C2. The van der Waals surface area contributed by atoms with Crippen LogP contribution in [0.2, 0.25) is 0 Å². The molecule has 3 rings (SSSR count). The summed E-state index contributed by atoms with van der Waals surface area (Å²) >= 11 is 0. The first kappa shape index (κ1) is 13.2. The molecule has 0 radical (unpaired) electrons. The van der Waals surface area contributed by atoms with Crippen LogP contribution in [0.1, 0.15) is 29.5 Å². The third kappa shape index (κ3) is 2.44. The van der Waals surface area contributed by atoms with Crippen LogP contribution in [0.5, 0.6) is 5.75 Å². The standard InChI is InChI=1S/C18H21NO/c1-3-20-17-11-7-10-15-12-19(2)13-16(18(15)17)14-8-5-4-6-9-14/h4-11,16H,3,12-13H2,1-2H3/t16-/m1/s1. The molecular formula is C18H21NO. The molecule has 1 aliphatic rings. The summed E-state index contributed by atoms with van der Waals surface area (Å²) in [5.74, 6) is 1.44. The molecule has 1 aliphatic heterocycles. The van der Waals surface area contributed by atoms with Crippen molar-refractivity contribution in [3.05, 3.63) is 65.2 Å².